The van der Waals surface area contributed by atoms with Gasteiger partial charge in [-0.05, 0) is 48.4 Å². The number of carbonyl (C=O) groups is 1. The molecule has 2 aromatic rings. The van der Waals surface area contributed by atoms with Crippen LogP contribution in [0.4, 0.5) is 11.4 Å². The van der Waals surface area contributed by atoms with Crippen molar-refractivity contribution >= 4 is 39.3 Å². The summed E-state index contributed by atoms with van der Waals surface area (Å²) in [5.74, 6) is -0.0976. The molecule has 2 rings (SSSR count). The Labute approximate surface area is 153 Å². The van der Waals surface area contributed by atoms with Crippen molar-refractivity contribution in [3.8, 4) is 5.75 Å². The lowest BCUT2D eigenvalue weighted by atomic mass is 10.1. The zero-order valence-corrected chi connectivity index (χ0v) is 15.2. The first kappa shape index (κ1) is 18.7. The molecule has 0 fully saturated rings. The fraction of sp³-hybridized carbons (Fsp3) is 0.167. The Hall–Kier alpha value is -2.67. The van der Waals surface area contributed by atoms with Crippen molar-refractivity contribution in [1.82, 2.24) is 0 Å². The molecule has 0 aliphatic heterocycles. The second-order valence-electron chi connectivity index (χ2n) is 5.16. The number of nitrogens with zero attached hydrogens (tertiary/aromatic N) is 1. The van der Waals surface area contributed by atoms with Crippen LogP contribution >= 0.6 is 15.9 Å². The minimum atomic E-state index is -0.496. The standard InChI is InChI=1S/C18H17BrN2O4/c1-2-11-25-17-9-3-13(12-16(17)21(23)24)4-10-18(22)20-15-7-5-14(19)6-8-15/h3-10,12H,2,11H2,1H3,(H,20,22)/b10-4+. The number of hydrogen-bond donors (Lipinski definition) is 1. The number of halogens is 1. The average Bonchev–Trinajstić information content (AvgIpc) is 2.60. The van der Waals surface area contributed by atoms with Gasteiger partial charge in [0.25, 0.3) is 0 Å². The lowest BCUT2D eigenvalue weighted by Gasteiger charge is -2.06. The van der Waals surface area contributed by atoms with E-state index in [1.807, 2.05) is 19.1 Å². The number of nitro benzene ring substituents is 1. The molecule has 0 bridgehead atoms. The number of hydrogen-bond acceptors (Lipinski definition) is 4. The Bertz CT molecular complexity index is 788. The molecule has 0 heterocycles. The minimum absolute atomic E-state index is 0.121. The van der Waals surface area contributed by atoms with E-state index >= 15 is 0 Å². The summed E-state index contributed by atoms with van der Waals surface area (Å²) in [5.41, 5.74) is 1.08. The van der Waals surface area contributed by atoms with E-state index in [2.05, 4.69) is 21.2 Å². The molecule has 0 saturated carbocycles. The van der Waals surface area contributed by atoms with Gasteiger partial charge in [0.05, 0.1) is 11.5 Å². The lowest BCUT2D eigenvalue weighted by Crippen LogP contribution is -2.07. The van der Waals surface area contributed by atoms with Crippen LogP contribution in [-0.4, -0.2) is 17.4 Å². The Morgan fingerprint density at radius 2 is 2.00 bits per heavy atom. The van der Waals surface area contributed by atoms with E-state index in [-0.39, 0.29) is 17.3 Å². The Morgan fingerprint density at radius 1 is 1.28 bits per heavy atom. The normalized spacial score (nSPS) is 10.6. The summed E-state index contributed by atoms with van der Waals surface area (Å²) in [5, 5.41) is 13.9. The number of carbonyl (C=O) groups excluding carboxylic acids is 1. The van der Waals surface area contributed by atoms with Crippen molar-refractivity contribution in [2.45, 2.75) is 13.3 Å². The molecule has 0 aromatic heterocycles. The van der Waals surface area contributed by atoms with E-state index in [0.717, 1.165) is 10.9 Å². The van der Waals surface area contributed by atoms with E-state index in [0.29, 0.717) is 17.9 Å². The van der Waals surface area contributed by atoms with Crippen molar-refractivity contribution in [2.75, 3.05) is 11.9 Å². The van der Waals surface area contributed by atoms with Crippen LogP contribution in [0.25, 0.3) is 6.08 Å². The molecule has 0 radical (unpaired) electrons. The van der Waals surface area contributed by atoms with Crippen LogP contribution in [0.15, 0.2) is 53.0 Å². The highest BCUT2D eigenvalue weighted by atomic mass is 79.9. The number of nitrogens with one attached hydrogen (secondary N) is 1. The molecule has 7 heteroatoms. The third kappa shape index (κ3) is 5.72. The van der Waals surface area contributed by atoms with Gasteiger partial charge in [0, 0.05) is 22.3 Å². The number of ether oxygens (including phenoxy) is 1. The zero-order chi connectivity index (χ0) is 18.2. The van der Waals surface area contributed by atoms with Gasteiger partial charge in [0.2, 0.25) is 5.91 Å². The maximum absolute atomic E-state index is 11.9. The average molecular weight is 405 g/mol. The number of benzene rings is 2. The van der Waals surface area contributed by atoms with E-state index in [1.54, 1.807) is 24.3 Å². The van der Waals surface area contributed by atoms with Crippen molar-refractivity contribution < 1.29 is 14.5 Å². The quantitative estimate of drug-likeness (QED) is 0.408. The van der Waals surface area contributed by atoms with Gasteiger partial charge in [-0.2, -0.15) is 0 Å². The maximum Gasteiger partial charge on any atom is 0.311 e. The molecule has 0 aliphatic rings. The van der Waals surface area contributed by atoms with Crippen LogP contribution in [0.3, 0.4) is 0 Å². The molecule has 25 heavy (non-hydrogen) atoms. The number of nitro groups is 1. The van der Waals surface area contributed by atoms with Gasteiger partial charge in [-0.25, -0.2) is 0 Å². The van der Waals surface area contributed by atoms with Crippen molar-refractivity contribution in [3.05, 3.63) is 68.7 Å². The van der Waals surface area contributed by atoms with Gasteiger partial charge in [-0.15, -0.1) is 0 Å². The molecular weight excluding hydrogens is 388 g/mol. The van der Waals surface area contributed by atoms with Crippen LogP contribution in [0, 0.1) is 10.1 Å². The summed E-state index contributed by atoms with van der Waals surface area (Å²) < 4.78 is 6.28. The number of rotatable bonds is 7. The van der Waals surface area contributed by atoms with E-state index in [1.165, 1.54) is 18.2 Å². The van der Waals surface area contributed by atoms with Crippen molar-refractivity contribution in [1.29, 1.82) is 0 Å². The minimum Gasteiger partial charge on any atom is -0.487 e. The maximum atomic E-state index is 11.9. The smallest absolute Gasteiger partial charge is 0.311 e. The Morgan fingerprint density at radius 3 is 2.64 bits per heavy atom. The number of anilines is 1. The second-order valence-corrected chi connectivity index (χ2v) is 6.08. The van der Waals surface area contributed by atoms with E-state index in [9.17, 15) is 14.9 Å². The van der Waals surface area contributed by atoms with Crippen LogP contribution in [0.1, 0.15) is 18.9 Å². The van der Waals surface area contributed by atoms with Crippen molar-refractivity contribution in [3.63, 3.8) is 0 Å². The van der Waals surface area contributed by atoms with Crippen LogP contribution < -0.4 is 10.1 Å². The molecule has 0 atom stereocenters. The van der Waals surface area contributed by atoms with Gasteiger partial charge >= 0.3 is 5.69 Å². The monoisotopic (exact) mass is 404 g/mol. The Kier molecular flexibility index (Phi) is 6.71. The highest BCUT2D eigenvalue weighted by Gasteiger charge is 2.15. The highest BCUT2D eigenvalue weighted by Crippen LogP contribution is 2.28. The van der Waals surface area contributed by atoms with Crippen molar-refractivity contribution in [2.24, 2.45) is 0 Å². The van der Waals surface area contributed by atoms with E-state index in [4.69, 9.17) is 4.74 Å². The van der Waals surface area contributed by atoms with E-state index < -0.39 is 4.92 Å². The molecule has 0 saturated heterocycles. The van der Waals surface area contributed by atoms with Gasteiger partial charge in [0.15, 0.2) is 5.75 Å². The first-order chi connectivity index (χ1) is 12.0. The highest BCUT2D eigenvalue weighted by molar-refractivity contribution is 9.10. The van der Waals surface area contributed by atoms with Gasteiger partial charge in [-0.1, -0.05) is 28.9 Å². The molecule has 1 N–H and O–H groups in total. The van der Waals surface area contributed by atoms with Crippen LogP contribution in [-0.2, 0) is 4.79 Å². The molecule has 0 aliphatic carbocycles. The predicted molar refractivity (Wildman–Crippen MR) is 101 cm³/mol. The summed E-state index contributed by atoms with van der Waals surface area (Å²) in [4.78, 5) is 22.6. The zero-order valence-electron chi connectivity index (χ0n) is 13.6. The SMILES string of the molecule is CCCOc1ccc(/C=C/C(=O)Nc2ccc(Br)cc2)cc1[N+](=O)[O-]. The Balaban J connectivity index is 2.09. The molecule has 0 spiro atoms. The summed E-state index contributed by atoms with van der Waals surface area (Å²) in [6.45, 7) is 2.33. The summed E-state index contributed by atoms with van der Waals surface area (Å²) in [7, 11) is 0. The first-order valence-corrected chi connectivity index (χ1v) is 8.44. The molecular formula is C18H17BrN2O4. The van der Waals surface area contributed by atoms with Gasteiger partial charge in [-0.3, -0.25) is 14.9 Å². The fourth-order valence-corrected chi connectivity index (χ4v) is 2.27. The summed E-state index contributed by atoms with van der Waals surface area (Å²) >= 11 is 3.32. The van der Waals surface area contributed by atoms with Crippen LogP contribution in [0.5, 0.6) is 5.75 Å². The van der Waals surface area contributed by atoms with Crippen LogP contribution in [0.2, 0.25) is 0 Å². The topological polar surface area (TPSA) is 81.5 Å². The third-order valence-electron chi connectivity index (χ3n) is 3.18. The lowest BCUT2D eigenvalue weighted by molar-refractivity contribution is -0.385. The number of amides is 1. The van der Waals surface area contributed by atoms with Gasteiger partial charge < -0.3 is 10.1 Å². The second kappa shape index (κ2) is 8.98. The molecule has 0 unspecified atom stereocenters. The molecule has 2 aromatic carbocycles. The summed E-state index contributed by atoms with van der Waals surface area (Å²) in [6, 6.07) is 11.8. The largest absolute Gasteiger partial charge is 0.487 e. The fourth-order valence-electron chi connectivity index (χ4n) is 2.00. The summed E-state index contributed by atoms with van der Waals surface area (Å²) in [6.07, 6.45) is 3.60. The molecule has 6 nitrogen and oxygen atoms in total. The predicted octanol–water partition coefficient (Wildman–Crippen LogP) is 4.80. The first-order valence-electron chi connectivity index (χ1n) is 7.65. The molecule has 130 valence electrons. The molecule has 1 amide bonds. The van der Waals surface area contributed by atoms with Gasteiger partial charge in [0.1, 0.15) is 0 Å². The third-order valence-corrected chi connectivity index (χ3v) is 3.71.